The van der Waals surface area contributed by atoms with Crippen LogP contribution >= 0.6 is 46.4 Å². The Hall–Kier alpha value is -4.59. The maximum Gasteiger partial charge on any atom is 0.341 e. The number of benzene rings is 5. The average Bonchev–Trinajstić information content (AvgIpc) is 3.53. The number of hydrogen-bond donors (Lipinski definition) is 0. The number of esters is 1. The summed E-state index contributed by atoms with van der Waals surface area (Å²) >= 11 is 27.6. The molecule has 0 bridgehead atoms. The summed E-state index contributed by atoms with van der Waals surface area (Å²) in [4.78, 5) is 18.9. The average molecular weight is 887 g/mol. The van der Waals surface area contributed by atoms with Crippen molar-refractivity contribution < 1.29 is 19.0 Å². The Morgan fingerprint density at radius 1 is 0.550 bits per heavy atom. The molecule has 0 radical (unpaired) electrons. The summed E-state index contributed by atoms with van der Waals surface area (Å²) in [5.41, 5.74) is 5.87. The van der Waals surface area contributed by atoms with Crippen LogP contribution in [0.3, 0.4) is 0 Å². The highest BCUT2D eigenvalue weighted by Gasteiger charge is 2.48. The molecule has 60 heavy (non-hydrogen) atoms. The third kappa shape index (κ3) is 9.48. The molecule has 5 aromatic rings. The van der Waals surface area contributed by atoms with Gasteiger partial charge in [-0.1, -0.05) is 94.9 Å². The summed E-state index contributed by atoms with van der Waals surface area (Å²) in [6, 6.07) is 32.5. The van der Waals surface area contributed by atoms with Crippen LogP contribution in [0.1, 0.15) is 93.6 Å². The summed E-state index contributed by atoms with van der Waals surface area (Å²) in [7, 11) is 0. The maximum absolute atomic E-state index is 14.3. The van der Waals surface area contributed by atoms with E-state index in [1.54, 1.807) is 0 Å². The first-order chi connectivity index (χ1) is 28.7. The van der Waals surface area contributed by atoms with Gasteiger partial charge in [0.2, 0.25) is 0 Å². The minimum atomic E-state index is -1.65. The van der Waals surface area contributed by atoms with Crippen LogP contribution in [0.4, 0.5) is 11.4 Å². The van der Waals surface area contributed by atoms with Crippen LogP contribution in [0.15, 0.2) is 109 Å². The van der Waals surface area contributed by atoms with E-state index in [0.29, 0.717) is 5.56 Å². The summed E-state index contributed by atoms with van der Waals surface area (Å²) in [5.74, 6) is 0.777. The molecule has 0 fully saturated rings. The quantitative estimate of drug-likeness (QED) is 0.0559. The topological polar surface area (TPSA) is 51.2 Å². The molecule has 0 aliphatic carbocycles. The highest BCUT2D eigenvalue weighted by molar-refractivity contribution is 6.53. The van der Waals surface area contributed by atoms with Crippen molar-refractivity contribution in [3.63, 3.8) is 0 Å². The van der Waals surface area contributed by atoms with Crippen LogP contribution in [0.25, 0.3) is 11.1 Å². The molecule has 0 spiro atoms. The van der Waals surface area contributed by atoms with E-state index in [1.165, 1.54) is 0 Å². The number of hydrogen-bond acceptors (Lipinski definition) is 6. The van der Waals surface area contributed by atoms with Crippen molar-refractivity contribution in [3.05, 3.63) is 163 Å². The van der Waals surface area contributed by atoms with Gasteiger partial charge in [-0.2, -0.15) is 0 Å². The number of halogens is 4. The van der Waals surface area contributed by atoms with Gasteiger partial charge in [0.25, 0.3) is 0 Å². The molecule has 1 aliphatic rings. The minimum Gasteiger partial charge on any atom is -0.491 e. The van der Waals surface area contributed by atoms with Crippen molar-refractivity contribution in [2.45, 2.75) is 73.2 Å². The molecule has 0 aromatic heterocycles. The number of rotatable bonds is 16. The Labute approximate surface area is 375 Å². The van der Waals surface area contributed by atoms with E-state index >= 15 is 0 Å². The van der Waals surface area contributed by atoms with Gasteiger partial charge in [0.15, 0.2) is 5.60 Å². The van der Waals surface area contributed by atoms with Crippen LogP contribution in [0.2, 0.25) is 20.1 Å². The van der Waals surface area contributed by atoms with Gasteiger partial charge in [0, 0.05) is 43.1 Å². The fraction of sp³-hybridized carbons (Fsp3) is 0.300. The van der Waals surface area contributed by atoms with E-state index in [0.717, 1.165) is 82.5 Å². The van der Waals surface area contributed by atoms with Gasteiger partial charge in [0.1, 0.15) is 11.5 Å². The van der Waals surface area contributed by atoms with E-state index in [9.17, 15) is 4.79 Å². The lowest BCUT2D eigenvalue weighted by Gasteiger charge is -2.28. The van der Waals surface area contributed by atoms with Gasteiger partial charge in [-0.05, 0) is 149 Å². The molecule has 0 atom stereocenters. The van der Waals surface area contributed by atoms with Crippen LogP contribution in [0, 0.1) is 0 Å². The largest absolute Gasteiger partial charge is 0.491 e. The zero-order valence-electron chi connectivity index (χ0n) is 35.4. The molecule has 1 aliphatic heterocycles. The van der Waals surface area contributed by atoms with Gasteiger partial charge in [-0.15, -0.1) is 0 Å². The molecule has 0 N–H and O–H groups in total. The van der Waals surface area contributed by atoms with Crippen LogP contribution in [0.5, 0.6) is 11.5 Å². The molecule has 6 rings (SSSR count). The van der Waals surface area contributed by atoms with E-state index in [-0.39, 0.29) is 37.9 Å². The number of carbonyl (C=O) groups is 1. The van der Waals surface area contributed by atoms with Crippen LogP contribution < -0.4 is 19.3 Å². The number of fused-ring (bicyclic) bond motifs is 1. The smallest absolute Gasteiger partial charge is 0.341 e. The highest BCUT2D eigenvalue weighted by atomic mass is 35.5. The molecule has 0 saturated heterocycles. The lowest BCUT2D eigenvalue weighted by atomic mass is 9.83. The number of nitrogens with zero attached hydrogens (tertiary/aromatic N) is 2. The van der Waals surface area contributed by atoms with Gasteiger partial charge in [-0.3, -0.25) is 0 Å². The molecule has 6 nitrogen and oxygen atoms in total. The zero-order valence-corrected chi connectivity index (χ0v) is 38.4. The lowest BCUT2D eigenvalue weighted by Crippen LogP contribution is -2.23. The summed E-state index contributed by atoms with van der Waals surface area (Å²) in [6.45, 7) is 20.0. The first kappa shape index (κ1) is 44.9. The Balaban J connectivity index is 1.70. The molecule has 5 aromatic carbocycles. The second kappa shape index (κ2) is 19.4. The van der Waals surface area contributed by atoms with Gasteiger partial charge >= 0.3 is 5.97 Å². The summed E-state index contributed by atoms with van der Waals surface area (Å²) in [5, 5.41) is 0.0273. The van der Waals surface area contributed by atoms with Gasteiger partial charge in [0.05, 0.1) is 37.9 Å². The Morgan fingerprint density at radius 3 is 1.22 bits per heavy atom. The molecular formula is C50H52Cl4N2O4. The van der Waals surface area contributed by atoms with E-state index in [2.05, 4.69) is 86.0 Å². The normalized spacial score (nSPS) is 15.3. The van der Waals surface area contributed by atoms with Crippen molar-refractivity contribution in [1.29, 1.82) is 0 Å². The van der Waals surface area contributed by atoms with E-state index in [4.69, 9.17) is 60.6 Å². The van der Waals surface area contributed by atoms with Crippen molar-refractivity contribution in [3.8, 4) is 11.5 Å². The predicted molar refractivity (Wildman–Crippen MR) is 252 cm³/mol. The molecule has 10 heteroatoms. The second-order valence-electron chi connectivity index (χ2n) is 15.1. The van der Waals surface area contributed by atoms with Crippen molar-refractivity contribution >= 4 is 74.9 Å². The molecule has 0 unspecified atom stereocenters. The second-order valence-corrected chi connectivity index (χ2v) is 16.6. The summed E-state index contributed by atoms with van der Waals surface area (Å²) < 4.78 is 18.7. The Kier molecular flexibility index (Phi) is 14.5. The van der Waals surface area contributed by atoms with Crippen LogP contribution in [-0.2, 0) is 10.3 Å². The van der Waals surface area contributed by atoms with Crippen molar-refractivity contribution in [2.75, 3.05) is 36.0 Å². The third-order valence-electron chi connectivity index (χ3n) is 10.5. The van der Waals surface area contributed by atoms with Crippen molar-refractivity contribution in [2.24, 2.45) is 0 Å². The number of cyclic esters (lactones) is 1. The van der Waals surface area contributed by atoms with Gasteiger partial charge < -0.3 is 24.0 Å². The molecule has 1 heterocycles. The predicted octanol–water partition coefficient (Wildman–Crippen LogP) is 14.2. The lowest BCUT2D eigenvalue weighted by molar-refractivity contribution is 0.0300. The van der Waals surface area contributed by atoms with Crippen LogP contribution in [-0.4, -0.2) is 44.4 Å². The first-order valence-electron chi connectivity index (χ1n) is 20.5. The Bertz CT molecular complexity index is 2220. The third-order valence-corrected chi connectivity index (χ3v) is 12.3. The highest BCUT2D eigenvalue weighted by Crippen LogP contribution is 2.53. The fourth-order valence-corrected chi connectivity index (χ4v) is 8.72. The van der Waals surface area contributed by atoms with E-state index in [1.807, 2.05) is 88.4 Å². The number of anilines is 2. The standard InChI is InChI=1S/C50H52Cl4N2O4/c1-9-55(10-2)37-21-13-33(14-22-37)41(35-17-25-39(26-18-35)58-31(5)6)29-50(44-43(49(57)60-50)45(51)47(53)48(54)46(44)52)30-42(36-19-27-40(28-20-36)59-32(7)8)34-15-23-38(24-16-34)56(11-3)12-4/h13-32H,9-12H2,1-8H3. The molecule has 0 amide bonds. The van der Waals surface area contributed by atoms with Crippen molar-refractivity contribution in [1.82, 2.24) is 0 Å². The maximum atomic E-state index is 14.3. The fourth-order valence-electron chi connectivity index (χ4n) is 7.64. The number of carbonyl (C=O) groups excluding carboxylic acids is 1. The minimum absolute atomic E-state index is 0.00439. The Morgan fingerprint density at radius 2 is 0.883 bits per heavy atom. The first-order valence-corrected chi connectivity index (χ1v) is 22.0. The van der Waals surface area contributed by atoms with Gasteiger partial charge in [-0.25, -0.2) is 4.79 Å². The monoisotopic (exact) mass is 884 g/mol. The molecule has 0 saturated carbocycles. The SMILES string of the molecule is CCN(CC)c1ccc(C(=CC2(C=C(c3ccc(OC(C)C)cc3)c3ccc(N(CC)CC)cc3)OC(=O)c3c(Cl)c(Cl)c(Cl)c(Cl)c32)c2ccc(OC(C)C)cc2)cc1. The number of ether oxygens (including phenoxy) is 3. The summed E-state index contributed by atoms with van der Waals surface area (Å²) in [6.07, 6.45) is 3.87. The zero-order chi connectivity index (χ0) is 43.3. The molecule has 314 valence electrons. The molecular weight excluding hydrogens is 834 g/mol. The van der Waals surface area contributed by atoms with E-state index < -0.39 is 11.6 Å².